The predicted octanol–water partition coefficient (Wildman–Crippen LogP) is 3.04. The van der Waals surface area contributed by atoms with Crippen LogP contribution in [0.15, 0.2) is 54.4 Å². The number of nitriles is 1. The lowest BCUT2D eigenvalue weighted by atomic mass is 10.2. The molecule has 0 saturated carbocycles. The molecule has 0 radical (unpaired) electrons. The van der Waals surface area contributed by atoms with Crippen LogP contribution in [0.4, 0.5) is 15.9 Å². The zero-order valence-corrected chi connectivity index (χ0v) is 15.2. The Morgan fingerprint density at radius 3 is 2.56 bits per heavy atom. The minimum atomic E-state index is -0.342. The van der Waals surface area contributed by atoms with E-state index in [1.165, 1.54) is 24.5 Å². The molecule has 1 aliphatic heterocycles. The van der Waals surface area contributed by atoms with Crippen LogP contribution in [0.2, 0.25) is 5.02 Å². The molecule has 1 aromatic carbocycles. The topological polar surface area (TPSA) is 72.3 Å². The highest BCUT2D eigenvalue weighted by atomic mass is 35.5. The van der Waals surface area contributed by atoms with E-state index in [0.29, 0.717) is 37.0 Å². The first kappa shape index (κ1) is 18.7. The number of nitrogens with zero attached hydrogens (tertiary/aromatic N) is 4. The Labute approximate surface area is 161 Å². The van der Waals surface area contributed by atoms with Crippen molar-refractivity contribution >= 4 is 29.0 Å². The molecular weight excluding hydrogens is 369 g/mol. The molecule has 1 N–H and O–H groups in total. The van der Waals surface area contributed by atoms with Crippen LogP contribution in [0.25, 0.3) is 0 Å². The smallest absolute Gasteiger partial charge is 0.266 e. The van der Waals surface area contributed by atoms with Crippen molar-refractivity contribution in [2.45, 2.75) is 0 Å². The number of nitrogens with one attached hydrogen (secondary N) is 1. The van der Waals surface area contributed by atoms with Gasteiger partial charge >= 0.3 is 0 Å². The van der Waals surface area contributed by atoms with Crippen molar-refractivity contribution in [2.75, 3.05) is 36.4 Å². The van der Waals surface area contributed by atoms with Crippen molar-refractivity contribution in [1.29, 1.82) is 5.26 Å². The molecule has 0 aliphatic carbocycles. The number of anilines is 2. The van der Waals surface area contributed by atoms with E-state index in [4.69, 9.17) is 11.6 Å². The summed E-state index contributed by atoms with van der Waals surface area (Å²) in [6.07, 6.45) is 2.87. The Balaban J connectivity index is 1.60. The largest absolute Gasteiger partial charge is 0.368 e. The summed E-state index contributed by atoms with van der Waals surface area (Å²) in [6, 6.07) is 11.4. The molecule has 1 saturated heterocycles. The fraction of sp³-hybridized carbons (Fsp3) is 0.211. The molecule has 27 heavy (non-hydrogen) atoms. The number of amides is 1. The standard InChI is InChI=1S/C19H17ClFN5O/c20-15-5-6-23-18(11-15)24-13-14(12-22)19(27)26-9-7-25(8-10-26)17-3-1-16(21)2-4-17/h1-6,11,13H,7-10H2,(H,23,24)/b14-13-. The van der Waals surface area contributed by atoms with Gasteiger partial charge in [0.15, 0.2) is 0 Å². The molecule has 8 heteroatoms. The number of rotatable bonds is 4. The van der Waals surface area contributed by atoms with E-state index in [2.05, 4.69) is 15.2 Å². The minimum Gasteiger partial charge on any atom is -0.368 e. The summed E-state index contributed by atoms with van der Waals surface area (Å²) in [6.45, 7) is 2.17. The normalized spacial score (nSPS) is 14.6. The SMILES string of the molecule is N#C/C(=C/Nc1cc(Cl)ccn1)C(=O)N1CCN(c2ccc(F)cc2)CC1. The van der Waals surface area contributed by atoms with Crippen LogP contribution < -0.4 is 10.2 Å². The van der Waals surface area contributed by atoms with Crippen LogP contribution in [0.3, 0.4) is 0 Å². The maximum atomic E-state index is 13.0. The second-order valence-corrected chi connectivity index (χ2v) is 6.37. The van der Waals surface area contributed by atoms with Gasteiger partial charge in [-0.05, 0) is 36.4 Å². The van der Waals surface area contributed by atoms with Crippen molar-refractivity contribution in [3.05, 3.63) is 65.2 Å². The monoisotopic (exact) mass is 385 g/mol. The van der Waals surface area contributed by atoms with Gasteiger partial charge < -0.3 is 15.1 Å². The Bertz CT molecular complexity index is 886. The van der Waals surface area contributed by atoms with Gasteiger partial charge in [0.25, 0.3) is 5.91 Å². The van der Waals surface area contributed by atoms with Gasteiger partial charge in [-0.3, -0.25) is 4.79 Å². The van der Waals surface area contributed by atoms with Crippen molar-refractivity contribution in [2.24, 2.45) is 0 Å². The third-order valence-corrected chi connectivity index (χ3v) is 4.43. The molecule has 0 spiro atoms. The Hall–Kier alpha value is -3.11. The minimum absolute atomic E-state index is 0.00740. The van der Waals surface area contributed by atoms with Crippen LogP contribution in [0.5, 0.6) is 0 Å². The maximum absolute atomic E-state index is 13.0. The molecular formula is C19H17ClFN5O. The van der Waals surface area contributed by atoms with Crippen LogP contribution in [-0.4, -0.2) is 42.0 Å². The van der Waals surface area contributed by atoms with E-state index in [-0.39, 0.29) is 17.3 Å². The van der Waals surface area contributed by atoms with Gasteiger partial charge in [-0.25, -0.2) is 9.37 Å². The van der Waals surface area contributed by atoms with Gasteiger partial charge in [0.2, 0.25) is 0 Å². The first-order valence-corrected chi connectivity index (χ1v) is 8.73. The summed E-state index contributed by atoms with van der Waals surface area (Å²) >= 11 is 5.88. The molecule has 0 bridgehead atoms. The summed E-state index contributed by atoms with van der Waals surface area (Å²) in [7, 11) is 0. The Morgan fingerprint density at radius 1 is 1.22 bits per heavy atom. The number of aromatic nitrogens is 1. The zero-order chi connectivity index (χ0) is 19.2. The molecule has 3 rings (SSSR count). The molecule has 138 valence electrons. The van der Waals surface area contributed by atoms with E-state index < -0.39 is 0 Å². The Morgan fingerprint density at radius 2 is 1.93 bits per heavy atom. The van der Waals surface area contributed by atoms with Crippen LogP contribution in [-0.2, 0) is 4.79 Å². The number of benzene rings is 1. The number of carbonyl (C=O) groups is 1. The average Bonchev–Trinajstić information content (AvgIpc) is 2.69. The second kappa shape index (κ2) is 8.52. The highest BCUT2D eigenvalue weighted by Crippen LogP contribution is 2.18. The van der Waals surface area contributed by atoms with E-state index in [1.54, 1.807) is 29.2 Å². The predicted molar refractivity (Wildman–Crippen MR) is 102 cm³/mol. The van der Waals surface area contributed by atoms with Gasteiger partial charge in [0, 0.05) is 49.3 Å². The molecule has 6 nitrogen and oxygen atoms in total. The van der Waals surface area contributed by atoms with Gasteiger partial charge in [-0.2, -0.15) is 5.26 Å². The van der Waals surface area contributed by atoms with Crippen molar-refractivity contribution in [1.82, 2.24) is 9.88 Å². The lowest BCUT2D eigenvalue weighted by Crippen LogP contribution is -2.49. The van der Waals surface area contributed by atoms with Gasteiger partial charge in [0.1, 0.15) is 23.3 Å². The third-order valence-electron chi connectivity index (χ3n) is 4.20. The van der Waals surface area contributed by atoms with Crippen molar-refractivity contribution < 1.29 is 9.18 Å². The first-order chi connectivity index (χ1) is 13.1. The number of carbonyl (C=O) groups excluding carboxylic acids is 1. The zero-order valence-electron chi connectivity index (χ0n) is 14.4. The number of hydrogen-bond donors (Lipinski definition) is 1. The fourth-order valence-electron chi connectivity index (χ4n) is 2.76. The third kappa shape index (κ3) is 4.74. The summed E-state index contributed by atoms with van der Waals surface area (Å²) in [5.41, 5.74) is 0.903. The number of pyridine rings is 1. The quantitative estimate of drug-likeness (QED) is 0.647. The van der Waals surface area contributed by atoms with Gasteiger partial charge in [0.05, 0.1) is 0 Å². The lowest BCUT2D eigenvalue weighted by Gasteiger charge is -2.36. The van der Waals surface area contributed by atoms with Gasteiger partial charge in [-0.1, -0.05) is 11.6 Å². The van der Waals surface area contributed by atoms with E-state index in [1.807, 2.05) is 6.07 Å². The van der Waals surface area contributed by atoms with Crippen molar-refractivity contribution in [3.8, 4) is 6.07 Å². The van der Waals surface area contributed by atoms with E-state index >= 15 is 0 Å². The molecule has 1 aliphatic rings. The molecule has 1 aromatic heterocycles. The number of hydrogen-bond acceptors (Lipinski definition) is 5. The fourth-order valence-corrected chi connectivity index (χ4v) is 2.92. The molecule has 2 aromatic rings. The highest BCUT2D eigenvalue weighted by molar-refractivity contribution is 6.30. The number of piperazine rings is 1. The van der Waals surface area contributed by atoms with E-state index in [0.717, 1.165) is 5.69 Å². The molecule has 1 fully saturated rings. The van der Waals surface area contributed by atoms with Crippen LogP contribution in [0.1, 0.15) is 0 Å². The summed E-state index contributed by atoms with van der Waals surface area (Å²) in [5.74, 6) is -0.173. The summed E-state index contributed by atoms with van der Waals surface area (Å²) in [4.78, 5) is 20.3. The van der Waals surface area contributed by atoms with E-state index in [9.17, 15) is 14.4 Å². The summed E-state index contributed by atoms with van der Waals surface area (Å²) < 4.78 is 13.0. The first-order valence-electron chi connectivity index (χ1n) is 8.35. The molecule has 0 atom stereocenters. The second-order valence-electron chi connectivity index (χ2n) is 5.93. The maximum Gasteiger partial charge on any atom is 0.266 e. The highest BCUT2D eigenvalue weighted by Gasteiger charge is 2.23. The number of halogens is 2. The molecule has 1 amide bonds. The van der Waals surface area contributed by atoms with Crippen LogP contribution >= 0.6 is 11.6 Å². The van der Waals surface area contributed by atoms with Crippen LogP contribution in [0, 0.1) is 17.1 Å². The van der Waals surface area contributed by atoms with Crippen molar-refractivity contribution in [3.63, 3.8) is 0 Å². The molecule has 2 heterocycles. The molecule has 0 unspecified atom stereocenters. The lowest BCUT2D eigenvalue weighted by molar-refractivity contribution is -0.127. The average molecular weight is 386 g/mol. The van der Waals surface area contributed by atoms with Gasteiger partial charge in [-0.15, -0.1) is 0 Å². The summed E-state index contributed by atoms with van der Waals surface area (Å²) in [5, 5.41) is 12.6. The Kier molecular flexibility index (Phi) is 5.89.